The molecule has 5 rings (SSSR count). The summed E-state index contributed by atoms with van der Waals surface area (Å²) in [5, 5.41) is 1.03. The number of nitrogens with zero attached hydrogens (tertiary/aromatic N) is 4. The van der Waals surface area contributed by atoms with E-state index in [1.54, 1.807) is 11.3 Å². The van der Waals surface area contributed by atoms with E-state index >= 15 is 0 Å². The van der Waals surface area contributed by atoms with Crippen LogP contribution in [0.2, 0.25) is 0 Å². The molecule has 198 valence electrons. The highest BCUT2D eigenvalue weighted by molar-refractivity contribution is 7.19. The van der Waals surface area contributed by atoms with Crippen molar-refractivity contribution in [3.63, 3.8) is 0 Å². The van der Waals surface area contributed by atoms with Gasteiger partial charge in [-0.2, -0.15) is 26.3 Å². The van der Waals surface area contributed by atoms with Gasteiger partial charge >= 0.3 is 12.4 Å². The molecular formula is C25H24F6N4OS. The molecule has 0 unspecified atom stereocenters. The summed E-state index contributed by atoms with van der Waals surface area (Å²) in [5.41, 5.74) is -2.35. The van der Waals surface area contributed by atoms with E-state index in [0.717, 1.165) is 41.7 Å². The van der Waals surface area contributed by atoms with Crippen molar-refractivity contribution in [2.75, 3.05) is 31.1 Å². The van der Waals surface area contributed by atoms with Gasteiger partial charge in [0.1, 0.15) is 16.5 Å². The minimum absolute atomic E-state index is 0.0297. The fourth-order valence-electron chi connectivity index (χ4n) is 4.95. The largest absolute Gasteiger partial charge is 0.416 e. The number of fused-ring (bicyclic) bond motifs is 3. The van der Waals surface area contributed by atoms with E-state index in [4.69, 9.17) is 9.97 Å². The lowest BCUT2D eigenvalue weighted by Gasteiger charge is -2.36. The summed E-state index contributed by atoms with van der Waals surface area (Å²) < 4.78 is 79.5. The number of piperazine rings is 1. The number of benzene rings is 1. The van der Waals surface area contributed by atoms with Crippen molar-refractivity contribution in [2.45, 2.75) is 51.4 Å². The van der Waals surface area contributed by atoms with Gasteiger partial charge in [-0.3, -0.25) is 4.79 Å². The van der Waals surface area contributed by atoms with Crippen molar-refractivity contribution in [3.8, 4) is 0 Å². The van der Waals surface area contributed by atoms with Crippen molar-refractivity contribution in [1.29, 1.82) is 0 Å². The van der Waals surface area contributed by atoms with Crippen LogP contribution in [0.5, 0.6) is 0 Å². The predicted molar refractivity (Wildman–Crippen MR) is 128 cm³/mol. The molecule has 3 heterocycles. The van der Waals surface area contributed by atoms with Crippen LogP contribution in [0.4, 0.5) is 32.2 Å². The summed E-state index contributed by atoms with van der Waals surface area (Å²) in [4.78, 5) is 28.1. The molecule has 1 fully saturated rings. The van der Waals surface area contributed by atoms with E-state index in [-0.39, 0.29) is 19.2 Å². The molecule has 1 aromatic carbocycles. The molecule has 0 atom stereocenters. The number of anilines is 1. The predicted octanol–water partition coefficient (Wildman–Crippen LogP) is 6.13. The maximum Gasteiger partial charge on any atom is 0.416 e. The Labute approximate surface area is 213 Å². The van der Waals surface area contributed by atoms with E-state index in [1.807, 2.05) is 11.8 Å². The molecule has 5 nitrogen and oxygen atoms in total. The molecule has 0 saturated carbocycles. The first-order valence-electron chi connectivity index (χ1n) is 12.1. The van der Waals surface area contributed by atoms with Crippen molar-refractivity contribution >= 4 is 33.3 Å². The maximum atomic E-state index is 13.3. The lowest BCUT2D eigenvalue weighted by atomic mass is 9.97. The molecule has 0 radical (unpaired) electrons. The van der Waals surface area contributed by atoms with Gasteiger partial charge in [0.2, 0.25) is 0 Å². The number of alkyl halides is 6. The Morgan fingerprint density at radius 2 is 1.54 bits per heavy atom. The van der Waals surface area contributed by atoms with Crippen LogP contribution >= 0.6 is 11.3 Å². The lowest BCUT2D eigenvalue weighted by molar-refractivity contribution is -0.143. The van der Waals surface area contributed by atoms with Gasteiger partial charge in [-0.25, -0.2) is 9.97 Å². The number of halogens is 6. The van der Waals surface area contributed by atoms with E-state index < -0.39 is 35.0 Å². The first kappa shape index (κ1) is 25.7. The van der Waals surface area contributed by atoms with Crippen LogP contribution in [0, 0.1) is 0 Å². The van der Waals surface area contributed by atoms with Gasteiger partial charge in [-0.1, -0.05) is 6.92 Å². The summed E-state index contributed by atoms with van der Waals surface area (Å²) in [6.07, 6.45) is -5.18. The third-order valence-corrected chi connectivity index (χ3v) is 8.04. The average molecular weight is 543 g/mol. The normalized spacial score (nSPS) is 16.8. The topological polar surface area (TPSA) is 49.3 Å². The summed E-state index contributed by atoms with van der Waals surface area (Å²) in [5.74, 6) is 0.654. The Kier molecular flexibility index (Phi) is 6.57. The molecule has 0 bridgehead atoms. The molecule has 2 aliphatic rings. The molecular weight excluding hydrogens is 518 g/mol. The number of aromatic nitrogens is 2. The Bertz CT molecular complexity index is 1310. The summed E-state index contributed by atoms with van der Waals surface area (Å²) >= 11 is 1.69. The number of aryl methyl sites for hydroxylation is 3. The summed E-state index contributed by atoms with van der Waals surface area (Å²) in [6.45, 7) is 2.98. The minimum atomic E-state index is -5.01. The Morgan fingerprint density at radius 1 is 0.919 bits per heavy atom. The number of thiophene rings is 1. The van der Waals surface area contributed by atoms with Gasteiger partial charge in [-0.05, 0) is 49.4 Å². The number of hydrogen-bond acceptors (Lipinski definition) is 5. The minimum Gasteiger partial charge on any atom is -0.352 e. The van der Waals surface area contributed by atoms with Gasteiger partial charge in [-0.15, -0.1) is 11.3 Å². The maximum absolute atomic E-state index is 13.3. The molecule has 1 aliphatic heterocycles. The van der Waals surface area contributed by atoms with Crippen molar-refractivity contribution in [3.05, 3.63) is 51.2 Å². The number of carbonyl (C=O) groups is 1. The van der Waals surface area contributed by atoms with Crippen LogP contribution in [0.15, 0.2) is 18.2 Å². The van der Waals surface area contributed by atoms with Crippen molar-refractivity contribution in [1.82, 2.24) is 14.9 Å². The quantitative estimate of drug-likeness (QED) is 0.374. The summed E-state index contributed by atoms with van der Waals surface area (Å²) in [7, 11) is 0. The molecule has 1 aliphatic carbocycles. The highest BCUT2D eigenvalue weighted by atomic mass is 32.1. The molecule has 3 aromatic rings. The zero-order valence-corrected chi connectivity index (χ0v) is 20.8. The highest BCUT2D eigenvalue weighted by Crippen LogP contribution is 2.40. The lowest BCUT2D eigenvalue weighted by Crippen LogP contribution is -2.49. The Balaban J connectivity index is 1.41. The van der Waals surface area contributed by atoms with Crippen LogP contribution in [-0.4, -0.2) is 47.0 Å². The number of amides is 1. The molecule has 37 heavy (non-hydrogen) atoms. The van der Waals surface area contributed by atoms with Gasteiger partial charge in [0.05, 0.1) is 16.5 Å². The smallest absolute Gasteiger partial charge is 0.352 e. The molecule has 1 saturated heterocycles. The number of carbonyl (C=O) groups excluding carboxylic acids is 1. The van der Waals surface area contributed by atoms with Crippen LogP contribution < -0.4 is 4.90 Å². The number of hydrogen-bond donors (Lipinski definition) is 0. The fraction of sp³-hybridized carbons (Fsp3) is 0.480. The molecule has 0 N–H and O–H groups in total. The highest BCUT2D eigenvalue weighted by Gasteiger charge is 2.38. The van der Waals surface area contributed by atoms with Gasteiger partial charge in [0.15, 0.2) is 0 Å². The Hall–Kier alpha value is -2.89. The van der Waals surface area contributed by atoms with E-state index in [9.17, 15) is 31.1 Å². The molecule has 12 heteroatoms. The van der Waals surface area contributed by atoms with Gasteiger partial charge < -0.3 is 9.80 Å². The standard InChI is InChI=1S/C25H24F6N4OS/c1-2-19-32-21(20-17-5-3-4-6-18(17)37-22(20)33-19)34-7-9-35(10-8-34)23(36)14-11-15(24(26,27)28)13-16(12-14)25(29,30)31/h11-13H,2-10H2,1H3. The zero-order chi connectivity index (χ0) is 26.5. The van der Waals surface area contributed by atoms with Gasteiger partial charge in [0.25, 0.3) is 5.91 Å². The van der Waals surface area contributed by atoms with E-state index in [0.29, 0.717) is 37.5 Å². The second-order valence-electron chi connectivity index (χ2n) is 9.28. The van der Waals surface area contributed by atoms with E-state index in [2.05, 4.69) is 0 Å². The van der Waals surface area contributed by atoms with Crippen LogP contribution in [0.1, 0.15) is 57.5 Å². The molecule has 2 aromatic heterocycles. The van der Waals surface area contributed by atoms with E-state index in [1.165, 1.54) is 15.3 Å². The molecule has 1 amide bonds. The third-order valence-electron chi connectivity index (χ3n) is 6.86. The first-order valence-corrected chi connectivity index (χ1v) is 12.9. The third kappa shape index (κ3) is 4.99. The fourth-order valence-corrected chi connectivity index (χ4v) is 6.23. The zero-order valence-electron chi connectivity index (χ0n) is 20.0. The van der Waals surface area contributed by atoms with Gasteiger partial charge in [0, 0.05) is 43.0 Å². The summed E-state index contributed by atoms with van der Waals surface area (Å²) in [6, 6.07) is 1.01. The average Bonchev–Trinajstić information content (AvgIpc) is 3.25. The SMILES string of the molecule is CCc1nc(N2CCN(C(=O)c3cc(C(F)(F)F)cc(C(F)(F)F)c3)CC2)c2c3c(sc2n1)CCCC3. The van der Waals surface area contributed by atoms with Crippen LogP contribution in [0.25, 0.3) is 10.2 Å². The number of rotatable bonds is 3. The Morgan fingerprint density at radius 3 is 2.14 bits per heavy atom. The second kappa shape index (κ2) is 9.45. The second-order valence-corrected chi connectivity index (χ2v) is 10.4. The van der Waals surface area contributed by atoms with Crippen molar-refractivity contribution in [2.24, 2.45) is 0 Å². The molecule has 0 spiro atoms. The monoisotopic (exact) mass is 542 g/mol. The van der Waals surface area contributed by atoms with Crippen molar-refractivity contribution < 1.29 is 31.1 Å². The van der Waals surface area contributed by atoms with Crippen LogP contribution in [-0.2, 0) is 31.6 Å². The van der Waals surface area contributed by atoms with Crippen LogP contribution in [0.3, 0.4) is 0 Å². The first-order chi connectivity index (χ1) is 17.5.